The molecule has 6 heavy (non-hydrogen) atoms. The molecule has 0 fully saturated rings. The molecule has 0 saturated carbocycles. The first-order valence-electron chi connectivity index (χ1n) is 0.730. The van der Waals surface area contributed by atoms with E-state index >= 15 is 0 Å². The van der Waals surface area contributed by atoms with Crippen molar-refractivity contribution in [3.8, 4) is 0 Å². The molecule has 40 valence electrons. The Kier molecular flexibility index (Phi) is 28.7. The van der Waals surface area contributed by atoms with E-state index in [4.69, 9.17) is 18.2 Å². The van der Waals surface area contributed by atoms with Crippen LogP contribution in [0.2, 0.25) is 0 Å². The maximum atomic E-state index is 7.04. The lowest BCUT2D eigenvalue weighted by molar-refractivity contribution is 0.540. The predicted molar refractivity (Wildman–Crippen MR) is 25.7 cm³/mol. The molecule has 0 aromatic carbocycles. The largest absolute Gasteiger partial charge is 0.307 e. The normalized spacial score (nSPS) is 6.00. The van der Waals surface area contributed by atoms with Gasteiger partial charge in [-0.2, -0.15) is 0 Å². The van der Waals surface area contributed by atoms with Crippen LogP contribution in [-0.2, 0) is 0 Å². The summed E-state index contributed by atoms with van der Waals surface area (Å²) in [5.74, 6) is 0. The molecule has 0 aromatic heterocycles. The molecule has 0 aromatic rings. The molecule has 4 N–H and O–H groups in total. The van der Waals surface area contributed by atoms with Gasteiger partial charge in [-0.05, 0) is 0 Å². The lowest BCUT2D eigenvalue weighted by Crippen LogP contribution is -1.31. The summed E-state index contributed by atoms with van der Waals surface area (Å²) in [6.45, 7) is 0. The first-order valence-corrected chi connectivity index (χ1v) is 2.19. The van der Waals surface area contributed by atoms with Gasteiger partial charge in [-0.3, -0.25) is 0 Å². The van der Waals surface area contributed by atoms with Crippen molar-refractivity contribution in [2.24, 2.45) is 0 Å². The summed E-state index contributed by atoms with van der Waals surface area (Å²) in [5.41, 5.74) is 0. The van der Waals surface area contributed by atoms with Crippen LogP contribution in [0.15, 0.2) is 0 Å². The molecule has 0 aliphatic carbocycles. The van der Waals surface area contributed by atoms with Gasteiger partial charge < -0.3 is 18.2 Å². The van der Waals surface area contributed by atoms with Crippen molar-refractivity contribution >= 4 is 24.6 Å². The second-order valence-corrected chi connectivity index (χ2v) is 0.490. The fraction of sp³-hybridized carbons (Fsp3) is 0. The van der Waals surface area contributed by atoms with Gasteiger partial charge in [0.15, 0.2) is 24.6 Å². The van der Waals surface area contributed by atoms with Gasteiger partial charge in [0, 0.05) is 0 Å². The lowest BCUT2D eigenvalue weighted by atomic mass is 15.9. The van der Waals surface area contributed by atoms with Crippen LogP contribution in [0.25, 0.3) is 0 Å². The van der Waals surface area contributed by atoms with E-state index in [-0.39, 0.29) is 24.6 Å². The molecule has 0 unspecified atom stereocenters. The Balaban J connectivity index is 0. The summed E-state index contributed by atoms with van der Waals surface area (Å²) in [7, 11) is 0. The molecule has 6 heteroatoms. The van der Waals surface area contributed by atoms with Crippen LogP contribution in [0.1, 0.15) is 0 Å². The standard InChI is InChI=1S/2H2O2S/c2*1-3-2/h2*1-2H. The average molecular weight is 132 g/mol. The first kappa shape index (κ1) is 9.74. The molecule has 0 rings (SSSR count). The maximum absolute atomic E-state index is 7.04. The Hall–Kier alpha value is 0.540. The molecule has 0 heterocycles. The van der Waals surface area contributed by atoms with E-state index in [1.54, 1.807) is 0 Å². The monoisotopic (exact) mass is 132 g/mol. The van der Waals surface area contributed by atoms with Gasteiger partial charge in [0.2, 0.25) is 0 Å². The molecule has 0 atom stereocenters. The van der Waals surface area contributed by atoms with Crippen LogP contribution < -0.4 is 0 Å². The van der Waals surface area contributed by atoms with Gasteiger partial charge >= 0.3 is 0 Å². The third kappa shape index (κ3) is 195. The zero-order valence-electron chi connectivity index (χ0n) is 2.61. The Morgan fingerprint density at radius 1 is 0.667 bits per heavy atom. The third-order valence-electron chi connectivity index (χ3n) is 0. The zero-order chi connectivity index (χ0) is 5.41. The highest BCUT2D eigenvalue weighted by atomic mass is 32.2. The smallest absolute Gasteiger partial charge is 0.152 e. The van der Waals surface area contributed by atoms with Crippen molar-refractivity contribution < 1.29 is 18.2 Å². The molecule has 0 bridgehead atoms. The molecule has 4 nitrogen and oxygen atoms in total. The highest BCUT2D eigenvalue weighted by Crippen LogP contribution is 1.67. The van der Waals surface area contributed by atoms with Gasteiger partial charge in [-0.15, -0.1) is 0 Å². The van der Waals surface area contributed by atoms with Crippen LogP contribution >= 0.6 is 24.6 Å². The fourth-order valence-electron chi connectivity index (χ4n) is 0. The SMILES string of the molecule is OSO.OSO. The van der Waals surface area contributed by atoms with E-state index in [9.17, 15) is 0 Å². The predicted octanol–water partition coefficient (Wildman–Crippen LogP) is 1.33. The van der Waals surface area contributed by atoms with Crippen LogP contribution in [0.5, 0.6) is 0 Å². The van der Waals surface area contributed by atoms with Crippen molar-refractivity contribution in [2.45, 2.75) is 0 Å². The Morgan fingerprint density at radius 2 is 0.667 bits per heavy atom. The van der Waals surface area contributed by atoms with Crippen LogP contribution in [0, 0.1) is 0 Å². The fourth-order valence-corrected chi connectivity index (χ4v) is 0. The first-order chi connectivity index (χ1) is 2.83. The number of hydrogen-bond donors (Lipinski definition) is 4. The maximum Gasteiger partial charge on any atom is 0.152 e. The summed E-state index contributed by atoms with van der Waals surface area (Å²) in [6, 6.07) is 0. The number of hydrogen-bond acceptors (Lipinski definition) is 6. The summed E-state index contributed by atoms with van der Waals surface area (Å²) >= 11 is -0.500. The topological polar surface area (TPSA) is 80.9 Å². The van der Waals surface area contributed by atoms with Crippen molar-refractivity contribution in [1.82, 2.24) is 0 Å². The highest BCUT2D eigenvalue weighted by Gasteiger charge is 1.36. The minimum absolute atomic E-state index is 0.250. The third-order valence-corrected chi connectivity index (χ3v) is 0. The average Bonchev–Trinajstić information content (AvgIpc) is 1.39. The van der Waals surface area contributed by atoms with E-state index < -0.39 is 0 Å². The molecule has 0 amide bonds. The molecule has 0 aliphatic rings. The summed E-state index contributed by atoms with van der Waals surface area (Å²) in [4.78, 5) is 0. The minimum Gasteiger partial charge on any atom is -0.307 e. The van der Waals surface area contributed by atoms with Crippen LogP contribution in [-0.4, -0.2) is 18.2 Å². The summed E-state index contributed by atoms with van der Waals surface area (Å²) < 4.78 is 28.2. The van der Waals surface area contributed by atoms with Crippen LogP contribution in [0.4, 0.5) is 0 Å². The van der Waals surface area contributed by atoms with Gasteiger partial charge in [-0.25, -0.2) is 0 Å². The summed E-state index contributed by atoms with van der Waals surface area (Å²) in [6.07, 6.45) is 0. The van der Waals surface area contributed by atoms with Crippen molar-refractivity contribution in [2.75, 3.05) is 0 Å². The van der Waals surface area contributed by atoms with Crippen molar-refractivity contribution in [3.05, 3.63) is 0 Å². The molecular weight excluding hydrogens is 128 g/mol. The van der Waals surface area contributed by atoms with E-state index in [0.29, 0.717) is 0 Å². The van der Waals surface area contributed by atoms with E-state index in [1.807, 2.05) is 0 Å². The van der Waals surface area contributed by atoms with Gasteiger partial charge in [0.1, 0.15) is 0 Å². The Labute approximate surface area is 43.6 Å². The molecule has 0 aliphatic heterocycles. The second-order valence-electron chi connectivity index (χ2n) is 0.163. The van der Waals surface area contributed by atoms with E-state index in [2.05, 4.69) is 0 Å². The highest BCUT2D eigenvalue weighted by molar-refractivity contribution is 7.88. The molecular formula is H4O4S2. The van der Waals surface area contributed by atoms with E-state index in [1.165, 1.54) is 0 Å². The minimum atomic E-state index is -0.250. The van der Waals surface area contributed by atoms with Gasteiger partial charge in [-0.1, -0.05) is 0 Å². The van der Waals surface area contributed by atoms with Crippen molar-refractivity contribution in [1.29, 1.82) is 0 Å². The summed E-state index contributed by atoms with van der Waals surface area (Å²) in [5, 5.41) is 0. The Morgan fingerprint density at radius 3 is 0.667 bits per heavy atom. The van der Waals surface area contributed by atoms with Crippen molar-refractivity contribution in [3.63, 3.8) is 0 Å². The number of rotatable bonds is 0. The van der Waals surface area contributed by atoms with E-state index in [0.717, 1.165) is 0 Å². The second kappa shape index (κ2) is 17.7. The zero-order valence-corrected chi connectivity index (χ0v) is 4.24. The van der Waals surface area contributed by atoms with Gasteiger partial charge in [0.05, 0.1) is 0 Å². The van der Waals surface area contributed by atoms with Crippen LogP contribution in [0.3, 0.4) is 0 Å². The quantitative estimate of drug-likeness (QED) is 0.372. The molecule has 0 spiro atoms. The Bertz CT molecular complexity index is 7.51. The lowest BCUT2D eigenvalue weighted by Gasteiger charge is -1.51. The molecule has 0 radical (unpaired) electrons. The molecule has 0 saturated heterocycles. The van der Waals surface area contributed by atoms with Gasteiger partial charge in [0.25, 0.3) is 0 Å².